The van der Waals surface area contributed by atoms with Crippen LogP contribution in [0.2, 0.25) is 0 Å². The lowest BCUT2D eigenvalue weighted by molar-refractivity contribution is -0.137. The molecule has 6 nitrogen and oxygen atoms in total. The zero-order valence-electron chi connectivity index (χ0n) is 14.2. The summed E-state index contributed by atoms with van der Waals surface area (Å²) in [5, 5.41) is 14.4. The number of carboxylic acid groups (broad SMARTS) is 1. The molecule has 1 amide bonds. The van der Waals surface area contributed by atoms with Gasteiger partial charge in [0.15, 0.2) is 0 Å². The molecule has 2 aromatic rings. The predicted octanol–water partition coefficient (Wildman–Crippen LogP) is 2.81. The Hall–Kier alpha value is -2.41. The second-order valence-electron chi connectivity index (χ2n) is 5.53. The largest absolute Gasteiger partial charge is 0.494 e. The number of nitrogens with one attached hydrogen (secondary N) is 1. The minimum atomic E-state index is -0.821. The van der Waals surface area contributed by atoms with Crippen LogP contribution in [0.25, 0.3) is 0 Å². The predicted molar refractivity (Wildman–Crippen MR) is 95.8 cm³/mol. The van der Waals surface area contributed by atoms with Crippen LogP contribution in [-0.2, 0) is 29.0 Å². The Balaban J connectivity index is 1.71. The quantitative estimate of drug-likeness (QED) is 0.635. The first kappa shape index (κ1) is 18.9. The number of hydrogen-bond donors (Lipinski definition) is 2. The van der Waals surface area contributed by atoms with E-state index in [0.717, 1.165) is 22.7 Å². The number of aryl methyl sites for hydroxylation is 1. The number of nitrogens with zero attached hydrogens (tertiary/aromatic N) is 1. The van der Waals surface area contributed by atoms with Gasteiger partial charge in [0.05, 0.1) is 23.7 Å². The van der Waals surface area contributed by atoms with E-state index in [1.165, 1.54) is 0 Å². The van der Waals surface area contributed by atoms with Gasteiger partial charge in [0.25, 0.3) is 0 Å². The summed E-state index contributed by atoms with van der Waals surface area (Å²) in [6.07, 6.45) is 1.75. The molecule has 0 atom stereocenters. The van der Waals surface area contributed by atoms with Crippen molar-refractivity contribution >= 4 is 23.2 Å². The average Bonchev–Trinajstić information content (AvgIpc) is 3.05. The lowest BCUT2D eigenvalue weighted by Gasteiger charge is -2.07. The van der Waals surface area contributed by atoms with Crippen LogP contribution in [-0.4, -0.2) is 28.6 Å². The number of aromatic nitrogens is 1. The number of rotatable bonds is 10. The van der Waals surface area contributed by atoms with E-state index < -0.39 is 5.97 Å². The Kier molecular flexibility index (Phi) is 7.40. The molecule has 0 aliphatic heterocycles. The van der Waals surface area contributed by atoms with Gasteiger partial charge in [-0.05, 0) is 30.5 Å². The van der Waals surface area contributed by atoms with E-state index in [1.807, 2.05) is 36.6 Å². The van der Waals surface area contributed by atoms with E-state index in [0.29, 0.717) is 31.7 Å². The molecule has 1 heterocycles. The second kappa shape index (κ2) is 9.78. The molecular weight excluding hydrogens is 340 g/mol. The van der Waals surface area contributed by atoms with Crippen molar-refractivity contribution in [1.82, 2.24) is 10.3 Å². The van der Waals surface area contributed by atoms with Crippen molar-refractivity contribution in [1.29, 1.82) is 0 Å². The lowest BCUT2D eigenvalue weighted by atomic mass is 10.2. The number of aliphatic carboxylic acids is 1. The highest BCUT2D eigenvalue weighted by Gasteiger charge is 2.07. The summed E-state index contributed by atoms with van der Waals surface area (Å²) < 4.78 is 5.47. The zero-order valence-corrected chi connectivity index (χ0v) is 15.0. The fourth-order valence-electron chi connectivity index (χ4n) is 2.14. The van der Waals surface area contributed by atoms with E-state index in [-0.39, 0.29) is 12.3 Å². The normalized spacial score (nSPS) is 10.4. The molecule has 0 fully saturated rings. The van der Waals surface area contributed by atoms with Gasteiger partial charge in [0, 0.05) is 18.3 Å². The standard InChI is InChI=1S/C18H22N2O4S/c1-2-17-20-14(12-25-17)10-16(21)19-11-13-5-7-15(8-6-13)24-9-3-4-18(22)23/h5-8,12H,2-4,9-11H2,1H3,(H,19,21)(H,22,23). The summed E-state index contributed by atoms with van der Waals surface area (Å²) >= 11 is 1.58. The Bertz CT molecular complexity index is 697. The molecule has 0 saturated heterocycles. The highest BCUT2D eigenvalue weighted by atomic mass is 32.1. The van der Waals surface area contributed by atoms with E-state index in [1.54, 1.807) is 11.3 Å². The van der Waals surface area contributed by atoms with Gasteiger partial charge >= 0.3 is 5.97 Å². The van der Waals surface area contributed by atoms with E-state index in [2.05, 4.69) is 10.3 Å². The Labute approximate surface area is 150 Å². The van der Waals surface area contributed by atoms with Crippen LogP contribution in [0.5, 0.6) is 5.75 Å². The summed E-state index contributed by atoms with van der Waals surface area (Å²) in [4.78, 5) is 26.8. The lowest BCUT2D eigenvalue weighted by Crippen LogP contribution is -2.24. The number of benzene rings is 1. The number of amides is 1. The molecule has 0 radical (unpaired) electrons. The SMILES string of the molecule is CCc1nc(CC(=O)NCc2ccc(OCCCC(=O)O)cc2)cs1. The molecule has 2 N–H and O–H groups in total. The maximum atomic E-state index is 12.0. The Morgan fingerprint density at radius 1 is 1.28 bits per heavy atom. The molecule has 7 heteroatoms. The minimum absolute atomic E-state index is 0.0537. The maximum absolute atomic E-state index is 12.0. The summed E-state index contributed by atoms with van der Waals surface area (Å²) in [5.41, 5.74) is 1.78. The highest BCUT2D eigenvalue weighted by Crippen LogP contribution is 2.13. The molecular formula is C18H22N2O4S. The van der Waals surface area contributed by atoms with Crippen LogP contribution < -0.4 is 10.1 Å². The van der Waals surface area contributed by atoms with Crippen LogP contribution in [0.15, 0.2) is 29.6 Å². The van der Waals surface area contributed by atoms with Crippen LogP contribution in [0.4, 0.5) is 0 Å². The molecule has 25 heavy (non-hydrogen) atoms. The van der Waals surface area contributed by atoms with Gasteiger partial charge in [0.2, 0.25) is 5.91 Å². The first-order valence-corrected chi connectivity index (χ1v) is 9.08. The maximum Gasteiger partial charge on any atom is 0.303 e. The topological polar surface area (TPSA) is 88.5 Å². The number of carbonyl (C=O) groups excluding carboxylic acids is 1. The molecule has 1 aromatic carbocycles. The number of thiazole rings is 1. The van der Waals surface area contributed by atoms with Crippen molar-refractivity contribution in [3.8, 4) is 5.75 Å². The van der Waals surface area contributed by atoms with Crippen molar-refractivity contribution in [2.24, 2.45) is 0 Å². The summed E-state index contributed by atoms with van der Waals surface area (Å²) in [7, 11) is 0. The fraction of sp³-hybridized carbons (Fsp3) is 0.389. The van der Waals surface area contributed by atoms with Gasteiger partial charge in [-0.25, -0.2) is 4.98 Å². The first-order valence-electron chi connectivity index (χ1n) is 8.20. The van der Waals surface area contributed by atoms with Gasteiger partial charge in [-0.3, -0.25) is 9.59 Å². The number of ether oxygens (including phenoxy) is 1. The molecule has 134 valence electrons. The fourth-order valence-corrected chi connectivity index (χ4v) is 2.88. The molecule has 2 rings (SSSR count). The zero-order chi connectivity index (χ0) is 18.1. The molecule has 1 aromatic heterocycles. The average molecular weight is 362 g/mol. The number of hydrogen-bond acceptors (Lipinski definition) is 5. The second-order valence-corrected chi connectivity index (χ2v) is 6.47. The van der Waals surface area contributed by atoms with Crippen LogP contribution in [0.1, 0.15) is 36.0 Å². The van der Waals surface area contributed by atoms with Crippen molar-refractivity contribution in [2.45, 2.75) is 39.2 Å². The van der Waals surface area contributed by atoms with Crippen LogP contribution >= 0.6 is 11.3 Å². The smallest absolute Gasteiger partial charge is 0.303 e. The van der Waals surface area contributed by atoms with Gasteiger partial charge in [-0.2, -0.15) is 0 Å². The third-order valence-electron chi connectivity index (χ3n) is 3.46. The van der Waals surface area contributed by atoms with E-state index >= 15 is 0 Å². The first-order chi connectivity index (χ1) is 12.1. The van der Waals surface area contributed by atoms with Gasteiger partial charge < -0.3 is 15.2 Å². The van der Waals surface area contributed by atoms with Gasteiger partial charge in [-0.15, -0.1) is 11.3 Å². The van der Waals surface area contributed by atoms with Crippen molar-refractivity contribution in [3.05, 3.63) is 45.9 Å². The van der Waals surface area contributed by atoms with Crippen molar-refractivity contribution < 1.29 is 19.4 Å². The van der Waals surface area contributed by atoms with Crippen molar-refractivity contribution in [3.63, 3.8) is 0 Å². The summed E-state index contributed by atoms with van der Waals surface area (Å²) in [5.74, 6) is -0.185. The summed E-state index contributed by atoms with van der Waals surface area (Å²) in [6.45, 7) is 2.86. The minimum Gasteiger partial charge on any atom is -0.494 e. The van der Waals surface area contributed by atoms with Gasteiger partial charge in [0.1, 0.15) is 5.75 Å². The third kappa shape index (κ3) is 6.93. The molecule has 0 aliphatic rings. The van der Waals surface area contributed by atoms with E-state index in [9.17, 15) is 9.59 Å². The van der Waals surface area contributed by atoms with Crippen LogP contribution in [0, 0.1) is 0 Å². The summed E-state index contributed by atoms with van der Waals surface area (Å²) in [6, 6.07) is 7.39. The molecule has 0 unspecified atom stereocenters. The number of carbonyl (C=O) groups is 2. The molecule has 0 saturated carbocycles. The molecule has 0 spiro atoms. The molecule has 0 bridgehead atoms. The monoisotopic (exact) mass is 362 g/mol. The highest BCUT2D eigenvalue weighted by molar-refractivity contribution is 7.09. The molecule has 0 aliphatic carbocycles. The van der Waals surface area contributed by atoms with E-state index in [4.69, 9.17) is 9.84 Å². The van der Waals surface area contributed by atoms with Gasteiger partial charge in [-0.1, -0.05) is 19.1 Å². The van der Waals surface area contributed by atoms with Crippen LogP contribution in [0.3, 0.4) is 0 Å². The number of carboxylic acids is 1. The Morgan fingerprint density at radius 2 is 2.04 bits per heavy atom. The Morgan fingerprint density at radius 3 is 2.68 bits per heavy atom. The van der Waals surface area contributed by atoms with Crippen molar-refractivity contribution in [2.75, 3.05) is 6.61 Å². The third-order valence-corrected chi connectivity index (χ3v) is 4.50.